The van der Waals surface area contributed by atoms with E-state index in [1.807, 2.05) is 60.7 Å². The lowest BCUT2D eigenvalue weighted by molar-refractivity contribution is -0.369. The molecule has 0 spiro atoms. The Balaban J connectivity index is 0.000000216. The van der Waals surface area contributed by atoms with E-state index in [9.17, 15) is 19.8 Å². The number of hydrogen-bond acceptors (Lipinski definition) is 14. The Morgan fingerprint density at radius 2 is 1.28 bits per heavy atom. The van der Waals surface area contributed by atoms with Gasteiger partial charge in [0.1, 0.15) is 48.8 Å². The molecule has 294 valence electrons. The highest BCUT2D eigenvalue weighted by Crippen LogP contribution is 2.34. The summed E-state index contributed by atoms with van der Waals surface area (Å²) in [6.45, 7) is 11.2. The Morgan fingerprint density at radius 1 is 0.811 bits per heavy atom. The fourth-order valence-electron chi connectivity index (χ4n) is 6.49. The van der Waals surface area contributed by atoms with Crippen LogP contribution in [0.3, 0.4) is 0 Å². The number of carbonyl (C=O) groups is 2. The van der Waals surface area contributed by atoms with Gasteiger partial charge in [0.2, 0.25) is 5.91 Å². The Bertz CT molecular complexity index is 1460. The van der Waals surface area contributed by atoms with Crippen molar-refractivity contribution in [3.63, 3.8) is 0 Å². The Morgan fingerprint density at radius 3 is 1.79 bits per heavy atom. The van der Waals surface area contributed by atoms with Crippen LogP contribution in [0.25, 0.3) is 0 Å². The van der Waals surface area contributed by atoms with Crippen LogP contribution in [0.5, 0.6) is 0 Å². The van der Waals surface area contributed by atoms with Crippen LogP contribution >= 0.6 is 0 Å². The second-order valence-electron chi connectivity index (χ2n) is 14.5. The van der Waals surface area contributed by atoms with Gasteiger partial charge in [-0.25, -0.2) is 0 Å². The molecule has 0 aliphatic carbocycles. The van der Waals surface area contributed by atoms with E-state index in [4.69, 9.17) is 48.4 Å². The molecule has 0 bridgehead atoms. The van der Waals surface area contributed by atoms with Gasteiger partial charge in [0.15, 0.2) is 24.2 Å². The van der Waals surface area contributed by atoms with Crippen molar-refractivity contribution < 1.29 is 62.4 Å². The Hall–Kier alpha value is -3.06. The van der Waals surface area contributed by atoms with E-state index in [2.05, 4.69) is 5.32 Å². The number of aliphatic hydroxyl groups is 2. The molecule has 0 radical (unpaired) electrons. The highest BCUT2D eigenvalue weighted by atomic mass is 16.8. The molecule has 11 atom stereocenters. The Kier molecular flexibility index (Phi) is 14.0. The first-order valence-electron chi connectivity index (χ1n) is 17.9. The second kappa shape index (κ2) is 18.0. The molecule has 15 heteroatoms. The topological polar surface area (TPSA) is 196 Å². The lowest BCUT2D eigenvalue weighted by Crippen LogP contribution is -2.68. The molecule has 0 aromatic heterocycles. The number of aliphatic hydroxyl groups excluding tert-OH is 2. The minimum atomic E-state index is -1.09. The molecule has 5 N–H and O–H groups in total. The zero-order valence-electron chi connectivity index (χ0n) is 31.1. The van der Waals surface area contributed by atoms with Crippen LogP contribution in [0, 0.1) is 0 Å². The average molecular weight is 747 g/mol. The van der Waals surface area contributed by atoms with E-state index in [-0.39, 0.29) is 25.7 Å². The zero-order chi connectivity index (χ0) is 38.3. The second-order valence-corrected chi connectivity index (χ2v) is 14.5. The molecule has 4 fully saturated rings. The van der Waals surface area contributed by atoms with E-state index in [1.54, 1.807) is 34.6 Å². The predicted octanol–water partition coefficient (Wildman–Crippen LogP) is 2.03. The SMILES string of the molecule is CC(=O)OC(C)CC(=O)NC1C(O)[C@@H]2OC(C)(C)OCC2O[C@H]1OCc1ccccc1.CC1(C)OCC2O[C@@H](OCc3ccccc3)C(N)C(O)[C@@H]2O1. The van der Waals surface area contributed by atoms with E-state index in [1.165, 1.54) is 6.92 Å². The number of amides is 1. The third kappa shape index (κ3) is 11.5. The zero-order valence-corrected chi connectivity index (χ0v) is 31.1. The van der Waals surface area contributed by atoms with Crippen molar-refractivity contribution in [2.45, 2.75) is 140 Å². The highest BCUT2D eigenvalue weighted by Gasteiger charge is 2.52. The fraction of sp³-hybridized carbons (Fsp3) is 0.632. The number of nitrogens with two attached hydrogens (primary N) is 1. The molecule has 53 heavy (non-hydrogen) atoms. The summed E-state index contributed by atoms with van der Waals surface area (Å²) < 4.78 is 51.4. The van der Waals surface area contributed by atoms with Crippen molar-refractivity contribution in [1.82, 2.24) is 5.32 Å². The molecule has 4 aliphatic heterocycles. The van der Waals surface area contributed by atoms with Crippen molar-refractivity contribution in [3.05, 3.63) is 71.8 Å². The van der Waals surface area contributed by atoms with E-state index < -0.39 is 84.7 Å². The number of ether oxygens (including phenoxy) is 9. The largest absolute Gasteiger partial charge is 0.462 e. The summed E-state index contributed by atoms with van der Waals surface area (Å²) in [5.74, 6) is -2.50. The molecule has 0 saturated carbocycles. The molecule has 4 saturated heterocycles. The molecular formula is C38H54N2O13. The number of nitrogens with one attached hydrogen (secondary N) is 1. The molecule has 2 aromatic carbocycles. The van der Waals surface area contributed by atoms with Gasteiger partial charge in [-0.1, -0.05) is 60.7 Å². The third-order valence-corrected chi connectivity index (χ3v) is 9.11. The molecule has 1 amide bonds. The van der Waals surface area contributed by atoms with Crippen LogP contribution in [0.15, 0.2) is 60.7 Å². The number of hydrogen-bond donors (Lipinski definition) is 4. The number of carbonyl (C=O) groups excluding carboxylic acids is 2. The standard InChI is InChI=1S/C22H31NO8.C16H23NO5/c1-13(29-14(2)24)10-17(25)23-18-19(26)20-16(12-28-22(3,4)31-20)30-21(18)27-11-15-8-6-5-7-9-15;1-16(2)20-9-11-14(22-16)13(18)12(17)15(21-11)19-8-10-6-4-3-5-7-10/h5-9,13,16,18-21,26H,10-12H2,1-4H3,(H,23,25);3-7,11-15,18H,8-9,17H2,1-2H3/t13?,16?,18?,19?,20-,21-;11?,12?,13?,14-,15-/m11/s1. The number of rotatable bonds is 10. The van der Waals surface area contributed by atoms with Gasteiger partial charge in [0.05, 0.1) is 38.9 Å². The van der Waals surface area contributed by atoms with Gasteiger partial charge in [-0.2, -0.15) is 0 Å². The maximum atomic E-state index is 12.6. The highest BCUT2D eigenvalue weighted by molar-refractivity contribution is 5.77. The summed E-state index contributed by atoms with van der Waals surface area (Å²) in [7, 11) is 0. The molecule has 6 rings (SSSR count). The lowest BCUT2D eigenvalue weighted by Gasteiger charge is -2.49. The lowest BCUT2D eigenvalue weighted by atomic mass is 9.95. The molecule has 7 unspecified atom stereocenters. The van der Waals surface area contributed by atoms with Crippen LogP contribution in [0.1, 0.15) is 59.1 Å². The maximum absolute atomic E-state index is 12.6. The smallest absolute Gasteiger partial charge is 0.302 e. The first-order chi connectivity index (χ1) is 25.1. The van der Waals surface area contributed by atoms with Crippen LogP contribution in [-0.4, -0.2) is 114 Å². The van der Waals surface area contributed by atoms with Crippen molar-refractivity contribution >= 4 is 11.9 Å². The van der Waals surface area contributed by atoms with Gasteiger partial charge >= 0.3 is 5.97 Å². The van der Waals surface area contributed by atoms with E-state index in [0.717, 1.165) is 11.1 Å². The summed E-state index contributed by atoms with van der Waals surface area (Å²) in [4.78, 5) is 23.7. The number of fused-ring (bicyclic) bond motifs is 2. The number of esters is 1. The molecule has 4 aliphatic rings. The third-order valence-electron chi connectivity index (χ3n) is 9.11. The van der Waals surface area contributed by atoms with Gasteiger partial charge in [-0.15, -0.1) is 0 Å². The summed E-state index contributed by atoms with van der Waals surface area (Å²) in [6.07, 6.45) is -6.35. The van der Waals surface area contributed by atoms with Crippen LogP contribution in [0.4, 0.5) is 0 Å². The van der Waals surface area contributed by atoms with Gasteiger partial charge in [0, 0.05) is 6.92 Å². The maximum Gasteiger partial charge on any atom is 0.302 e. The van der Waals surface area contributed by atoms with Gasteiger partial charge in [-0.3, -0.25) is 9.59 Å². The Labute approximate surface area is 310 Å². The summed E-state index contributed by atoms with van der Waals surface area (Å²) >= 11 is 0. The monoisotopic (exact) mass is 746 g/mol. The van der Waals surface area contributed by atoms with E-state index in [0.29, 0.717) is 13.2 Å². The predicted molar refractivity (Wildman–Crippen MR) is 187 cm³/mol. The van der Waals surface area contributed by atoms with E-state index >= 15 is 0 Å². The first-order valence-corrected chi connectivity index (χ1v) is 17.9. The minimum Gasteiger partial charge on any atom is -0.462 e. The van der Waals surface area contributed by atoms with Crippen LogP contribution in [-0.2, 0) is 65.4 Å². The summed E-state index contributed by atoms with van der Waals surface area (Å²) in [6, 6.07) is 17.7. The summed E-state index contributed by atoms with van der Waals surface area (Å²) in [5.41, 5.74) is 8.01. The minimum absolute atomic E-state index is 0.0578. The number of benzene rings is 2. The molecule has 15 nitrogen and oxygen atoms in total. The molecular weight excluding hydrogens is 692 g/mol. The molecule has 2 aromatic rings. The fourth-order valence-corrected chi connectivity index (χ4v) is 6.49. The van der Waals surface area contributed by atoms with Gasteiger partial charge in [0.25, 0.3) is 0 Å². The van der Waals surface area contributed by atoms with Gasteiger partial charge in [-0.05, 0) is 45.7 Å². The average Bonchev–Trinajstić information content (AvgIpc) is 3.10. The van der Waals surface area contributed by atoms with Crippen molar-refractivity contribution in [3.8, 4) is 0 Å². The van der Waals surface area contributed by atoms with Crippen molar-refractivity contribution in [2.75, 3.05) is 13.2 Å². The van der Waals surface area contributed by atoms with Crippen molar-refractivity contribution in [1.29, 1.82) is 0 Å². The molecule has 4 heterocycles. The van der Waals surface area contributed by atoms with Gasteiger partial charge < -0.3 is 63.9 Å². The normalized spacial score (nSPS) is 33.5. The first kappa shape index (κ1) is 41.1. The van der Waals surface area contributed by atoms with Crippen LogP contribution in [0.2, 0.25) is 0 Å². The summed E-state index contributed by atoms with van der Waals surface area (Å²) in [5, 5.41) is 24.2. The van der Waals surface area contributed by atoms with Crippen LogP contribution < -0.4 is 11.1 Å². The quantitative estimate of drug-likeness (QED) is 0.258. The van der Waals surface area contributed by atoms with Crippen molar-refractivity contribution in [2.24, 2.45) is 5.73 Å².